The van der Waals surface area contributed by atoms with Crippen LogP contribution in [-0.2, 0) is 4.74 Å². The Morgan fingerprint density at radius 1 is 1.13 bits per heavy atom. The van der Waals surface area contributed by atoms with Gasteiger partial charge in [0.1, 0.15) is 11.4 Å². The molecule has 0 saturated heterocycles. The monoisotopic (exact) mass is 329 g/mol. The number of rotatable bonds is 4. The number of hydrogen-bond donors (Lipinski definition) is 1. The highest BCUT2D eigenvalue weighted by Gasteiger charge is 2.18. The summed E-state index contributed by atoms with van der Waals surface area (Å²) in [4.78, 5) is 15.4. The van der Waals surface area contributed by atoms with Gasteiger partial charge in [-0.05, 0) is 42.8 Å². The van der Waals surface area contributed by atoms with Crippen LogP contribution in [0.15, 0.2) is 42.5 Å². The lowest BCUT2D eigenvalue weighted by Crippen LogP contribution is -2.05. The van der Waals surface area contributed by atoms with Crippen molar-refractivity contribution >= 4 is 28.3 Å². The van der Waals surface area contributed by atoms with Crippen LogP contribution >= 0.6 is 11.6 Å². The Labute approximate surface area is 139 Å². The molecule has 0 aliphatic heterocycles. The van der Waals surface area contributed by atoms with E-state index >= 15 is 0 Å². The zero-order chi connectivity index (χ0) is 16.4. The van der Waals surface area contributed by atoms with Gasteiger partial charge >= 0.3 is 5.97 Å². The maximum atomic E-state index is 12.2. The second-order valence-electron chi connectivity index (χ2n) is 5.01. The molecule has 0 aliphatic rings. The van der Waals surface area contributed by atoms with Crippen molar-refractivity contribution in [2.24, 2.45) is 0 Å². The van der Waals surface area contributed by atoms with Crippen molar-refractivity contribution in [3.05, 3.63) is 53.2 Å². The molecule has 0 unspecified atom stereocenters. The molecule has 0 aliphatic carbocycles. The van der Waals surface area contributed by atoms with Crippen molar-refractivity contribution in [2.75, 3.05) is 13.7 Å². The minimum atomic E-state index is -0.383. The second-order valence-corrected chi connectivity index (χ2v) is 5.45. The molecule has 1 heterocycles. The standard InChI is InChI=1S/C18H16ClNO3/c1-3-23-18(21)17-15-10-13(22-2)8-9-14(15)16(20-17)11-4-6-12(19)7-5-11/h4-10,20H,3H2,1-2H3. The molecule has 5 heteroatoms. The van der Waals surface area contributed by atoms with Gasteiger partial charge in [-0.15, -0.1) is 0 Å². The van der Waals surface area contributed by atoms with Crippen LogP contribution in [0.3, 0.4) is 0 Å². The first-order chi connectivity index (χ1) is 11.1. The third kappa shape index (κ3) is 2.90. The largest absolute Gasteiger partial charge is 0.497 e. The third-order valence-corrected chi connectivity index (χ3v) is 3.88. The molecular weight excluding hydrogens is 314 g/mol. The van der Waals surface area contributed by atoms with E-state index in [4.69, 9.17) is 21.1 Å². The number of H-pyrrole nitrogens is 1. The Morgan fingerprint density at radius 3 is 2.52 bits per heavy atom. The van der Waals surface area contributed by atoms with Gasteiger partial charge in [0.15, 0.2) is 0 Å². The Balaban J connectivity index is 2.22. The van der Waals surface area contributed by atoms with E-state index in [-0.39, 0.29) is 5.97 Å². The normalized spacial score (nSPS) is 10.7. The molecule has 0 spiro atoms. The SMILES string of the molecule is CCOC(=O)c1[nH]c(-c2ccc(Cl)cc2)c2ccc(OC)cc12. The quantitative estimate of drug-likeness (QED) is 0.707. The van der Waals surface area contributed by atoms with E-state index in [9.17, 15) is 4.79 Å². The van der Waals surface area contributed by atoms with Crippen molar-refractivity contribution in [1.29, 1.82) is 0 Å². The van der Waals surface area contributed by atoms with Crippen LogP contribution in [0.2, 0.25) is 5.02 Å². The smallest absolute Gasteiger partial charge is 0.355 e. The zero-order valence-corrected chi connectivity index (χ0v) is 13.6. The lowest BCUT2D eigenvalue weighted by Gasteiger charge is -2.02. The molecule has 0 fully saturated rings. The highest BCUT2D eigenvalue weighted by molar-refractivity contribution is 6.30. The first-order valence-electron chi connectivity index (χ1n) is 7.26. The number of fused-ring (bicyclic) bond motifs is 1. The first kappa shape index (κ1) is 15.4. The molecule has 1 aromatic heterocycles. The average Bonchev–Trinajstić information content (AvgIpc) is 2.94. The molecule has 4 nitrogen and oxygen atoms in total. The van der Waals surface area contributed by atoms with Gasteiger partial charge in [0.25, 0.3) is 0 Å². The minimum absolute atomic E-state index is 0.319. The summed E-state index contributed by atoms with van der Waals surface area (Å²) in [5, 5.41) is 2.36. The number of esters is 1. The van der Waals surface area contributed by atoms with Crippen molar-refractivity contribution < 1.29 is 14.3 Å². The van der Waals surface area contributed by atoms with Gasteiger partial charge in [0, 0.05) is 15.8 Å². The minimum Gasteiger partial charge on any atom is -0.497 e. The van der Waals surface area contributed by atoms with Crippen LogP contribution in [0.25, 0.3) is 22.0 Å². The summed E-state index contributed by atoms with van der Waals surface area (Å²) in [5.41, 5.74) is 2.22. The highest BCUT2D eigenvalue weighted by atomic mass is 35.5. The number of carbonyl (C=O) groups excluding carboxylic acids is 1. The van der Waals surface area contributed by atoms with Crippen LogP contribution in [0.5, 0.6) is 5.75 Å². The predicted octanol–water partition coefficient (Wildman–Crippen LogP) is 4.67. The van der Waals surface area contributed by atoms with Crippen molar-refractivity contribution in [2.45, 2.75) is 6.92 Å². The Kier molecular flexibility index (Phi) is 4.26. The first-order valence-corrected chi connectivity index (χ1v) is 7.64. The number of halogens is 1. The molecule has 0 atom stereocenters. The Morgan fingerprint density at radius 2 is 1.87 bits per heavy atom. The summed E-state index contributed by atoms with van der Waals surface area (Å²) in [5.74, 6) is 0.302. The van der Waals surface area contributed by atoms with Crippen LogP contribution in [0.1, 0.15) is 17.4 Å². The number of ether oxygens (including phenoxy) is 2. The molecular formula is C18H16ClNO3. The van der Waals surface area contributed by atoms with E-state index in [0.29, 0.717) is 23.1 Å². The fraction of sp³-hybridized carbons (Fsp3) is 0.167. The summed E-state index contributed by atoms with van der Waals surface area (Å²) in [6.45, 7) is 2.10. The summed E-state index contributed by atoms with van der Waals surface area (Å²) in [6, 6.07) is 13.1. The van der Waals surface area contributed by atoms with Crippen molar-refractivity contribution in [3.8, 4) is 17.0 Å². The van der Waals surface area contributed by atoms with Crippen LogP contribution in [-0.4, -0.2) is 24.7 Å². The zero-order valence-electron chi connectivity index (χ0n) is 12.9. The van der Waals surface area contributed by atoms with E-state index in [2.05, 4.69) is 4.98 Å². The number of carbonyl (C=O) groups is 1. The second kappa shape index (κ2) is 6.34. The van der Waals surface area contributed by atoms with Crippen molar-refractivity contribution in [1.82, 2.24) is 4.98 Å². The number of hydrogen-bond acceptors (Lipinski definition) is 3. The molecule has 3 rings (SSSR count). The summed E-state index contributed by atoms with van der Waals surface area (Å²) in [7, 11) is 1.60. The number of aromatic nitrogens is 1. The molecule has 0 amide bonds. The Hall–Kier alpha value is -2.46. The van der Waals surface area contributed by atoms with E-state index in [1.807, 2.05) is 42.5 Å². The van der Waals surface area contributed by atoms with Gasteiger partial charge in [-0.1, -0.05) is 23.7 Å². The third-order valence-electron chi connectivity index (χ3n) is 3.63. The van der Waals surface area contributed by atoms with E-state index in [1.54, 1.807) is 14.0 Å². The van der Waals surface area contributed by atoms with Crippen molar-refractivity contribution in [3.63, 3.8) is 0 Å². The summed E-state index contributed by atoms with van der Waals surface area (Å²) < 4.78 is 10.4. The van der Waals surface area contributed by atoms with Gasteiger partial charge in [-0.2, -0.15) is 0 Å². The molecule has 118 valence electrons. The molecule has 0 bridgehead atoms. The molecule has 23 heavy (non-hydrogen) atoms. The molecule has 1 N–H and O–H groups in total. The fourth-order valence-electron chi connectivity index (χ4n) is 2.54. The topological polar surface area (TPSA) is 51.3 Å². The number of benzene rings is 2. The summed E-state index contributed by atoms with van der Waals surface area (Å²) in [6.07, 6.45) is 0. The average molecular weight is 330 g/mol. The molecule has 0 radical (unpaired) electrons. The molecule has 3 aromatic rings. The highest BCUT2D eigenvalue weighted by Crippen LogP contribution is 2.34. The van der Waals surface area contributed by atoms with Gasteiger partial charge in [0.05, 0.1) is 19.4 Å². The van der Waals surface area contributed by atoms with Gasteiger partial charge in [-0.25, -0.2) is 4.79 Å². The van der Waals surface area contributed by atoms with Crippen LogP contribution in [0, 0.1) is 0 Å². The van der Waals surface area contributed by atoms with E-state index < -0.39 is 0 Å². The van der Waals surface area contributed by atoms with Crippen LogP contribution < -0.4 is 4.74 Å². The maximum Gasteiger partial charge on any atom is 0.355 e. The summed E-state index contributed by atoms with van der Waals surface area (Å²) >= 11 is 5.95. The van der Waals surface area contributed by atoms with Gasteiger partial charge in [-0.3, -0.25) is 0 Å². The lowest BCUT2D eigenvalue weighted by molar-refractivity contribution is 0.0522. The maximum absolute atomic E-state index is 12.2. The molecule has 2 aromatic carbocycles. The Bertz CT molecular complexity index is 853. The predicted molar refractivity (Wildman–Crippen MR) is 91.3 cm³/mol. The van der Waals surface area contributed by atoms with Crippen LogP contribution in [0.4, 0.5) is 0 Å². The molecule has 0 saturated carbocycles. The van der Waals surface area contributed by atoms with Gasteiger partial charge in [0.2, 0.25) is 0 Å². The van der Waals surface area contributed by atoms with E-state index in [1.165, 1.54) is 0 Å². The van der Waals surface area contributed by atoms with Gasteiger partial charge < -0.3 is 14.5 Å². The number of nitrogens with one attached hydrogen (secondary N) is 1. The number of methoxy groups -OCH3 is 1. The van der Waals surface area contributed by atoms with E-state index in [0.717, 1.165) is 22.0 Å². The number of aromatic amines is 1. The fourth-order valence-corrected chi connectivity index (χ4v) is 2.67. The lowest BCUT2D eigenvalue weighted by atomic mass is 10.1.